The first-order valence-electron chi connectivity index (χ1n) is 8.69. The lowest BCUT2D eigenvalue weighted by atomic mass is 10.2. The van der Waals surface area contributed by atoms with Gasteiger partial charge in [-0.2, -0.15) is 0 Å². The predicted octanol–water partition coefficient (Wildman–Crippen LogP) is 2.35. The van der Waals surface area contributed by atoms with Crippen molar-refractivity contribution in [3.63, 3.8) is 0 Å². The van der Waals surface area contributed by atoms with Crippen molar-refractivity contribution < 1.29 is 23.6 Å². The molecule has 0 spiro atoms. The topological polar surface area (TPSA) is 133 Å². The SMILES string of the molecule is CCOCc1nc2c(N)nc3ccccc3c2n1CC1(OP(=O)(O)O)CC1. The zero-order valence-corrected chi connectivity index (χ0v) is 15.7. The molecule has 0 radical (unpaired) electrons. The number of phosphoric ester groups is 1. The molecule has 2 heterocycles. The van der Waals surface area contributed by atoms with E-state index in [-0.39, 0.29) is 13.2 Å². The van der Waals surface area contributed by atoms with Crippen LogP contribution in [0.3, 0.4) is 0 Å². The van der Waals surface area contributed by atoms with Crippen molar-refractivity contribution in [1.82, 2.24) is 14.5 Å². The highest BCUT2D eigenvalue weighted by atomic mass is 31.2. The lowest BCUT2D eigenvalue weighted by molar-refractivity contribution is 0.0955. The van der Waals surface area contributed by atoms with E-state index in [1.807, 2.05) is 35.8 Å². The van der Waals surface area contributed by atoms with E-state index in [4.69, 9.17) is 15.0 Å². The van der Waals surface area contributed by atoms with Gasteiger partial charge in [-0.05, 0) is 25.8 Å². The van der Waals surface area contributed by atoms with E-state index in [1.54, 1.807) is 0 Å². The molecule has 10 heteroatoms. The van der Waals surface area contributed by atoms with Crippen LogP contribution in [0.4, 0.5) is 5.82 Å². The molecule has 0 unspecified atom stereocenters. The van der Waals surface area contributed by atoms with E-state index < -0.39 is 13.4 Å². The fourth-order valence-corrected chi connectivity index (χ4v) is 4.08. The highest BCUT2D eigenvalue weighted by Crippen LogP contribution is 2.53. The summed E-state index contributed by atoms with van der Waals surface area (Å²) in [6, 6.07) is 7.57. The van der Waals surface area contributed by atoms with Gasteiger partial charge in [0.1, 0.15) is 17.9 Å². The molecule has 144 valence electrons. The second-order valence-corrected chi connectivity index (χ2v) is 7.89. The van der Waals surface area contributed by atoms with Crippen LogP contribution in [0.1, 0.15) is 25.6 Å². The predicted molar refractivity (Wildman–Crippen MR) is 99.9 cm³/mol. The van der Waals surface area contributed by atoms with Gasteiger partial charge in [-0.1, -0.05) is 18.2 Å². The number of ether oxygens (including phenoxy) is 1. The summed E-state index contributed by atoms with van der Waals surface area (Å²) in [5, 5.41) is 0.865. The molecule has 0 atom stereocenters. The van der Waals surface area contributed by atoms with Crippen LogP contribution < -0.4 is 5.73 Å². The monoisotopic (exact) mass is 392 g/mol. The lowest BCUT2D eigenvalue weighted by Gasteiger charge is -2.20. The molecule has 4 N–H and O–H groups in total. The molecule has 27 heavy (non-hydrogen) atoms. The summed E-state index contributed by atoms with van der Waals surface area (Å²) in [6.45, 7) is 2.91. The molecule has 1 fully saturated rings. The zero-order valence-electron chi connectivity index (χ0n) is 14.8. The quantitative estimate of drug-likeness (QED) is 0.522. The van der Waals surface area contributed by atoms with Crippen LogP contribution in [0.15, 0.2) is 24.3 Å². The van der Waals surface area contributed by atoms with Crippen LogP contribution in [-0.2, 0) is 27.0 Å². The molecule has 0 saturated heterocycles. The number of hydrogen-bond acceptors (Lipinski definition) is 6. The van der Waals surface area contributed by atoms with Crippen LogP contribution >= 0.6 is 7.82 Å². The van der Waals surface area contributed by atoms with E-state index >= 15 is 0 Å². The van der Waals surface area contributed by atoms with Crippen molar-refractivity contribution in [2.75, 3.05) is 12.3 Å². The third kappa shape index (κ3) is 3.56. The van der Waals surface area contributed by atoms with Gasteiger partial charge in [-0.25, -0.2) is 14.5 Å². The fraction of sp³-hybridized carbons (Fsp3) is 0.412. The van der Waals surface area contributed by atoms with E-state index in [2.05, 4.69) is 9.97 Å². The number of anilines is 1. The van der Waals surface area contributed by atoms with Gasteiger partial charge in [0.2, 0.25) is 0 Å². The van der Waals surface area contributed by atoms with Gasteiger partial charge < -0.3 is 24.8 Å². The summed E-state index contributed by atoms with van der Waals surface area (Å²) in [7, 11) is -4.60. The number of para-hydroxylation sites is 1. The summed E-state index contributed by atoms with van der Waals surface area (Å²) >= 11 is 0. The number of imidazole rings is 1. The summed E-state index contributed by atoms with van der Waals surface area (Å²) in [4.78, 5) is 27.6. The number of hydrogen-bond donors (Lipinski definition) is 3. The molecule has 4 rings (SSSR count). The maximum Gasteiger partial charge on any atom is 0.470 e. The number of aromatic nitrogens is 3. The normalized spacial score (nSPS) is 16.3. The first-order valence-corrected chi connectivity index (χ1v) is 10.2. The second kappa shape index (κ2) is 6.54. The minimum absolute atomic E-state index is 0.254. The summed E-state index contributed by atoms with van der Waals surface area (Å²) < 4.78 is 23.9. The number of benzene rings is 1. The molecule has 1 aliphatic carbocycles. The van der Waals surface area contributed by atoms with Crippen molar-refractivity contribution >= 4 is 35.6 Å². The van der Waals surface area contributed by atoms with Crippen LogP contribution in [0, 0.1) is 0 Å². The van der Waals surface area contributed by atoms with Gasteiger partial charge in [0, 0.05) is 12.0 Å². The molecule has 1 aliphatic rings. The van der Waals surface area contributed by atoms with Crippen molar-refractivity contribution in [3.05, 3.63) is 30.1 Å². The van der Waals surface area contributed by atoms with Gasteiger partial charge >= 0.3 is 7.82 Å². The van der Waals surface area contributed by atoms with Crippen molar-refractivity contribution in [1.29, 1.82) is 0 Å². The van der Waals surface area contributed by atoms with E-state index in [0.717, 1.165) is 16.4 Å². The largest absolute Gasteiger partial charge is 0.470 e. The van der Waals surface area contributed by atoms with Gasteiger partial charge in [-0.15, -0.1) is 0 Å². The number of nitrogens with two attached hydrogens (primary N) is 1. The lowest BCUT2D eigenvalue weighted by Crippen LogP contribution is -2.22. The van der Waals surface area contributed by atoms with Crippen molar-refractivity contribution in [2.45, 2.75) is 38.5 Å². The number of pyridine rings is 1. The molecular weight excluding hydrogens is 371 g/mol. The smallest absolute Gasteiger partial charge is 0.382 e. The second-order valence-electron chi connectivity index (χ2n) is 6.73. The van der Waals surface area contributed by atoms with Gasteiger partial charge in [0.25, 0.3) is 0 Å². The Hall–Kier alpha value is -2.03. The number of nitrogens with zero attached hydrogens (tertiary/aromatic N) is 3. The van der Waals surface area contributed by atoms with Crippen LogP contribution in [0.5, 0.6) is 0 Å². The minimum atomic E-state index is -4.60. The van der Waals surface area contributed by atoms with E-state index in [9.17, 15) is 14.4 Å². The Kier molecular flexibility index (Phi) is 4.44. The Bertz CT molecular complexity index is 1060. The molecule has 3 aromatic rings. The summed E-state index contributed by atoms with van der Waals surface area (Å²) in [5.74, 6) is 0.929. The number of nitrogen functional groups attached to an aromatic ring is 1. The number of rotatable bonds is 7. The van der Waals surface area contributed by atoms with E-state index in [0.29, 0.717) is 36.6 Å². The maximum absolute atomic E-state index is 11.4. The van der Waals surface area contributed by atoms with Gasteiger partial charge in [0.15, 0.2) is 5.82 Å². The summed E-state index contributed by atoms with van der Waals surface area (Å²) in [5.41, 5.74) is 7.27. The average molecular weight is 392 g/mol. The van der Waals surface area contributed by atoms with Crippen LogP contribution in [0.25, 0.3) is 21.9 Å². The van der Waals surface area contributed by atoms with Gasteiger partial charge in [0.05, 0.1) is 23.2 Å². The molecule has 2 aromatic heterocycles. The van der Waals surface area contributed by atoms with E-state index in [1.165, 1.54) is 0 Å². The molecule has 1 saturated carbocycles. The standard InChI is InChI=1S/C17H21N4O5P/c1-2-25-9-13-20-14-15(11-5-3-4-6-12(11)19-16(14)18)21(13)10-17(7-8-17)26-27(22,23)24/h3-6H,2,7-10H2,1H3,(H2,18,19)(H2,22,23,24). The third-order valence-electron chi connectivity index (χ3n) is 4.69. The fourth-order valence-electron chi connectivity index (χ4n) is 3.34. The Morgan fingerprint density at radius 2 is 2.04 bits per heavy atom. The number of fused-ring (bicyclic) bond motifs is 3. The Balaban J connectivity index is 1.89. The minimum Gasteiger partial charge on any atom is -0.382 e. The maximum atomic E-state index is 11.4. The highest BCUT2D eigenvalue weighted by molar-refractivity contribution is 7.46. The molecule has 9 nitrogen and oxygen atoms in total. The van der Waals surface area contributed by atoms with Crippen LogP contribution in [-0.4, -0.2) is 36.5 Å². The Labute approximate surface area is 155 Å². The molecule has 0 bridgehead atoms. The average Bonchev–Trinajstić information content (AvgIpc) is 3.23. The summed E-state index contributed by atoms with van der Waals surface area (Å²) in [6.07, 6.45) is 1.12. The Morgan fingerprint density at radius 1 is 1.30 bits per heavy atom. The first-order chi connectivity index (χ1) is 12.8. The molecule has 1 aromatic carbocycles. The zero-order chi connectivity index (χ0) is 19.2. The van der Waals surface area contributed by atoms with Crippen molar-refractivity contribution in [2.24, 2.45) is 0 Å². The van der Waals surface area contributed by atoms with Crippen molar-refractivity contribution in [3.8, 4) is 0 Å². The molecule has 0 amide bonds. The van der Waals surface area contributed by atoms with Crippen LogP contribution in [0.2, 0.25) is 0 Å². The molecular formula is C17H21N4O5P. The Morgan fingerprint density at radius 3 is 2.70 bits per heavy atom. The van der Waals surface area contributed by atoms with Gasteiger partial charge in [-0.3, -0.25) is 4.52 Å². The highest BCUT2D eigenvalue weighted by Gasteiger charge is 2.49. The first kappa shape index (κ1) is 18.3. The molecule has 0 aliphatic heterocycles. The third-order valence-corrected chi connectivity index (χ3v) is 5.32. The number of phosphoric acid groups is 1.